The molecule has 0 bridgehead atoms. The number of para-hydroxylation sites is 1. The number of urea groups is 1. The lowest BCUT2D eigenvalue weighted by atomic mass is 10.1. The maximum Gasteiger partial charge on any atom is 0.339 e. The zero-order chi connectivity index (χ0) is 25.3. The van der Waals surface area contributed by atoms with Gasteiger partial charge in [-0.25, -0.2) is 9.69 Å². The third-order valence-electron chi connectivity index (χ3n) is 4.75. The summed E-state index contributed by atoms with van der Waals surface area (Å²) in [7, 11) is -4.30. The van der Waals surface area contributed by atoms with E-state index in [1.807, 2.05) is 0 Å². The molecule has 0 saturated carbocycles. The Balaban J connectivity index is 1.79. The first-order valence-corrected chi connectivity index (χ1v) is 13.1. The number of hydrogen-bond acceptors (Lipinski definition) is 6. The Bertz CT molecular complexity index is 1490. The molecule has 0 atom stereocenters. The average molecular weight is 641 g/mol. The van der Waals surface area contributed by atoms with Crippen molar-refractivity contribution in [3.8, 4) is 5.75 Å². The van der Waals surface area contributed by atoms with Crippen LogP contribution in [-0.2, 0) is 19.7 Å². The molecule has 1 N–H and O–H groups in total. The van der Waals surface area contributed by atoms with E-state index >= 15 is 0 Å². The maximum atomic E-state index is 13.2. The highest BCUT2D eigenvalue weighted by molar-refractivity contribution is 9.11. The molecule has 4 amide bonds. The fourth-order valence-corrected chi connectivity index (χ4v) is 5.70. The normalized spacial score (nSPS) is 15.3. The van der Waals surface area contributed by atoms with Crippen molar-refractivity contribution in [2.75, 3.05) is 4.90 Å². The first kappa shape index (κ1) is 25.1. The smallest absolute Gasteiger partial charge is 0.339 e. The van der Waals surface area contributed by atoms with Gasteiger partial charge in [0.15, 0.2) is 5.75 Å². The Morgan fingerprint density at radius 2 is 1.60 bits per heavy atom. The molecule has 35 heavy (non-hydrogen) atoms. The minimum Gasteiger partial charge on any atom is -0.377 e. The summed E-state index contributed by atoms with van der Waals surface area (Å²) in [5.41, 5.74) is -0.0533. The lowest BCUT2D eigenvalue weighted by molar-refractivity contribution is -0.122. The lowest BCUT2D eigenvalue weighted by Gasteiger charge is -2.26. The van der Waals surface area contributed by atoms with Gasteiger partial charge in [0.2, 0.25) is 0 Å². The number of halogens is 3. The van der Waals surface area contributed by atoms with Crippen LogP contribution in [0.1, 0.15) is 5.56 Å². The Kier molecular flexibility index (Phi) is 7.13. The van der Waals surface area contributed by atoms with Gasteiger partial charge >= 0.3 is 16.1 Å². The second-order valence-corrected chi connectivity index (χ2v) is 10.8. The minimum atomic E-state index is -4.30. The van der Waals surface area contributed by atoms with E-state index in [0.29, 0.717) is 9.50 Å². The summed E-state index contributed by atoms with van der Waals surface area (Å²) in [6, 6.07) is 15.5. The number of nitrogens with zero attached hydrogens (tertiary/aromatic N) is 1. The van der Waals surface area contributed by atoms with Crippen LogP contribution in [0.15, 0.2) is 86.1 Å². The summed E-state index contributed by atoms with van der Waals surface area (Å²) in [6.45, 7) is 0. The Labute approximate surface area is 221 Å². The van der Waals surface area contributed by atoms with Crippen molar-refractivity contribution in [3.63, 3.8) is 0 Å². The van der Waals surface area contributed by atoms with E-state index < -0.39 is 33.5 Å². The van der Waals surface area contributed by atoms with Crippen molar-refractivity contribution < 1.29 is 27.0 Å². The first-order chi connectivity index (χ1) is 16.6. The largest absolute Gasteiger partial charge is 0.377 e. The van der Waals surface area contributed by atoms with Crippen molar-refractivity contribution in [1.82, 2.24) is 5.32 Å². The summed E-state index contributed by atoms with van der Waals surface area (Å²) in [6.07, 6.45) is 1.16. The van der Waals surface area contributed by atoms with Crippen molar-refractivity contribution in [2.24, 2.45) is 0 Å². The van der Waals surface area contributed by atoms with Crippen molar-refractivity contribution in [1.29, 1.82) is 0 Å². The van der Waals surface area contributed by atoms with Crippen LogP contribution in [0.25, 0.3) is 6.08 Å². The summed E-state index contributed by atoms with van der Waals surface area (Å²) in [5.74, 6) is -1.98. The molecule has 12 heteroatoms. The summed E-state index contributed by atoms with van der Waals surface area (Å²) < 4.78 is 31.9. The fourth-order valence-electron chi connectivity index (χ4n) is 3.16. The van der Waals surface area contributed by atoms with Gasteiger partial charge in [-0.2, -0.15) is 8.42 Å². The van der Waals surface area contributed by atoms with Crippen molar-refractivity contribution in [2.45, 2.75) is 4.90 Å². The number of benzene rings is 3. The lowest BCUT2D eigenvalue weighted by Crippen LogP contribution is -2.54. The molecule has 1 aliphatic heterocycles. The first-order valence-electron chi connectivity index (χ1n) is 9.72. The molecule has 1 heterocycles. The maximum absolute atomic E-state index is 13.2. The Morgan fingerprint density at radius 1 is 0.943 bits per heavy atom. The van der Waals surface area contributed by atoms with Gasteiger partial charge in [0.25, 0.3) is 11.8 Å². The van der Waals surface area contributed by atoms with E-state index in [4.69, 9.17) is 15.8 Å². The van der Waals surface area contributed by atoms with Gasteiger partial charge in [-0.05, 0) is 70.5 Å². The van der Waals surface area contributed by atoms with Crippen LogP contribution in [0.2, 0.25) is 5.02 Å². The van der Waals surface area contributed by atoms with E-state index in [2.05, 4.69) is 37.2 Å². The zero-order valence-electron chi connectivity index (χ0n) is 17.4. The fraction of sp³-hybridized carbons (Fsp3) is 0. The number of rotatable bonds is 5. The predicted molar refractivity (Wildman–Crippen MR) is 137 cm³/mol. The molecule has 0 aromatic heterocycles. The topological polar surface area (TPSA) is 110 Å². The molecule has 4 rings (SSSR count). The third-order valence-corrected chi connectivity index (χ3v) is 7.28. The van der Waals surface area contributed by atoms with Gasteiger partial charge in [-0.15, -0.1) is 0 Å². The van der Waals surface area contributed by atoms with Gasteiger partial charge in [0.1, 0.15) is 10.5 Å². The van der Waals surface area contributed by atoms with Crippen LogP contribution in [0.3, 0.4) is 0 Å². The van der Waals surface area contributed by atoms with Gasteiger partial charge < -0.3 is 4.18 Å². The predicted octanol–water partition coefficient (Wildman–Crippen LogP) is 5.30. The zero-order valence-corrected chi connectivity index (χ0v) is 22.1. The molecule has 0 unspecified atom stereocenters. The number of barbiturate groups is 1. The summed E-state index contributed by atoms with van der Waals surface area (Å²) in [5, 5.41) is 2.47. The third kappa shape index (κ3) is 5.32. The molecule has 8 nitrogen and oxygen atoms in total. The molecular formula is C23H13Br2ClN2O6S. The van der Waals surface area contributed by atoms with Crippen molar-refractivity contribution in [3.05, 3.63) is 91.8 Å². The quantitative estimate of drug-likeness (QED) is 0.230. The summed E-state index contributed by atoms with van der Waals surface area (Å²) >= 11 is 12.4. The molecule has 3 aromatic carbocycles. The Morgan fingerprint density at radius 3 is 2.26 bits per heavy atom. The molecule has 3 aromatic rings. The van der Waals surface area contributed by atoms with Crippen LogP contribution in [-0.4, -0.2) is 26.3 Å². The molecule has 1 aliphatic rings. The van der Waals surface area contributed by atoms with Crippen LogP contribution in [0.5, 0.6) is 5.75 Å². The number of anilines is 1. The molecule has 0 radical (unpaired) electrons. The standard InChI is InChI=1S/C23H13Br2ClN2O6S/c24-14-10-13(20(19(25)12-14)34-35(32,33)17-8-6-15(26)7-9-17)11-18-21(29)27-23(31)28(22(18)30)16-4-2-1-3-5-16/h1-12H,(H,27,29,31)/b18-11+. The van der Waals surface area contributed by atoms with Crippen LogP contribution >= 0.6 is 43.5 Å². The van der Waals surface area contributed by atoms with Crippen molar-refractivity contribution >= 4 is 83.2 Å². The highest BCUT2D eigenvalue weighted by Crippen LogP contribution is 2.37. The molecule has 1 saturated heterocycles. The van der Waals surface area contributed by atoms with E-state index in [1.165, 1.54) is 48.5 Å². The molecule has 178 valence electrons. The number of imide groups is 2. The number of hydrogen-bond donors (Lipinski definition) is 1. The molecule has 0 spiro atoms. The number of carbonyl (C=O) groups is 3. The second-order valence-electron chi connectivity index (χ2n) is 7.09. The van der Waals surface area contributed by atoms with Gasteiger partial charge in [0, 0.05) is 15.1 Å². The highest BCUT2D eigenvalue weighted by atomic mass is 79.9. The minimum absolute atomic E-state index is 0.0876. The molecule has 1 fully saturated rings. The van der Waals surface area contributed by atoms with E-state index in [9.17, 15) is 22.8 Å². The second kappa shape index (κ2) is 9.94. The van der Waals surface area contributed by atoms with Gasteiger partial charge in [0.05, 0.1) is 10.2 Å². The average Bonchev–Trinajstić information content (AvgIpc) is 2.79. The summed E-state index contributed by atoms with van der Waals surface area (Å²) in [4.78, 5) is 38.8. The number of nitrogens with one attached hydrogen (secondary N) is 1. The van der Waals surface area contributed by atoms with Crippen LogP contribution < -0.4 is 14.4 Å². The number of carbonyl (C=O) groups excluding carboxylic acids is 3. The van der Waals surface area contributed by atoms with E-state index in [1.54, 1.807) is 18.2 Å². The molecule has 0 aliphatic carbocycles. The molecular weight excluding hydrogens is 628 g/mol. The van der Waals surface area contributed by atoms with Gasteiger partial charge in [-0.3, -0.25) is 14.9 Å². The highest BCUT2D eigenvalue weighted by Gasteiger charge is 2.37. The van der Waals surface area contributed by atoms with Crippen LogP contribution in [0, 0.1) is 0 Å². The van der Waals surface area contributed by atoms with E-state index in [-0.39, 0.29) is 26.4 Å². The SMILES string of the molecule is O=C1NC(=O)N(c2ccccc2)C(=O)/C1=C/c1cc(Br)cc(Br)c1OS(=O)(=O)c1ccc(Cl)cc1. The monoisotopic (exact) mass is 638 g/mol. The van der Waals surface area contributed by atoms with Crippen LogP contribution in [0.4, 0.5) is 10.5 Å². The Hall–Kier alpha value is -2.99. The van der Waals surface area contributed by atoms with Gasteiger partial charge in [-0.1, -0.05) is 45.7 Å². The number of amides is 4. The van der Waals surface area contributed by atoms with E-state index in [0.717, 1.165) is 11.0 Å².